The standard InChI is InChI=1S/C11H7ClFN3O3S/c1-20-11-14-8(12)5-9(15-11)19-10-6(13)3-2-4-7(10)16(17)18/h2-5H,1H3. The molecule has 6 nitrogen and oxygen atoms in total. The third kappa shape index (κ3) is 3.14. The van der Waals surface area contributed by atoms with E-state index in [9.17, 15) is 14.5 Å². The van der Waals surface area contributed by atoms with Gasteiger partial charge in [-0.05, 0) is 12.3 Å². The van der Waals surface area contributed by atoms with Gasteiger partial charge < -0.3 is 4.74 Å². The molecule has 0 N–H and O–H groups in total. The Morgan fingerprint density at radius 2 is 2.20 bits per heavy atom. The number of benzene rings is 1. The molecule has 0 spiro atoms. The molecular weight excluding hydrogens is 309 g/mol. The normalized spacial score (nSPS) is 10.3. The van der Waals surface area contributed by atoms with Gasteiger partial charge in [-0.2, -0.15) is 4.98 Å². The van der Waals surface area contributed by atoms with Crippen molar-refractivity contribution < 1.29 is 14.1 Å². The maximum Gasteiger partial charge on any atom is 0.314 e. The summed E-state index contributed by atoms with van der Waals surface area (Å²) in [6.45, 7) is 0. The second-order valence-electron chi connectivity index (χ2n) is 3.46. The van der Waals surface area contributed by atoms with Crippen LogP contribution in [0.15, 0.2) is 29.4 Å². The van der Waals surface area contributed by atoms with Crippen molar-refractivity contribution in [2.75, 3.05) is 6.26 Å². The Balaban J connectivity index is 2.44. The maximum absolute atomic E-state index is 13.7. The number of thioether (sulfide) groups is 1. The van der Waals surface area contributed by atoms with Crippen LogP contribution in [0.3, 0.4) is 0 Å². The van der Waals surface area contributed by atoms with E-state index >= 15 is 0 Å². The lowest BCUT2D eigenvalue weighted by Crippen LogP contribution is -1.98. The zero-order chi connectivity index (χ0) is 14.7. The van der Waals surface area contributed by atoms with E-state index in [4.69, 9.17) is 16.3 Å². The highest BCUT2D eigenvalue weighted by Gasteiger charge is 2.21. The first kappa shape index (κ1) is 14.5. The molecule has 0 aliphatic carbocycles. The summed E-state index contributed by atoms with van der Waals surface area (Å²) >= 11 is 6.97. The Hall–Kier alpha value is -1.93. The fourth-order valence-electron chi connectivity index (χ4n) is 1.37. The van der Waals surface area contributed by atoms with Gasteiger partial charge in [0.1, 0.15) is 5.15 Å². The minimum Gasteiger partial charge on any atom is -0.428 e. The summed E-state index contributed by atoms with van der Waals surface area (Å²) in [6.07, 6.45) is 1.72. The lowest BCUT2D eigenvalue weighted by Gasteiger charge is -2.07. The molecule has 0 atom stereocenters. The molecule has 1 heterocycles. The van der Waals surface area contributed by atoms with Crippen LogP contribution in [0.2, 0.25) is 5.15 Å². The number of nitro benzene ring substituents is 1. The number of ether oxygens (including phenoxy) is 1. The fraction of sp³-hybridized carbons (Fsp3) is 0.0909. The molecule has 1 aromatic heterocycles. The number of hydrogen-bond donors (Lipinski definition) is 0. The summed E-state index contributed by atoms with van der Waals surface area (Å²) in [5.41, 5.74) is -0.495. The molecule has 20 heavy (non-hydrogen) atoms. The summed E-state index contributed by atoms with van der Waals surface area (Å²) < 4.78 is 18.8. The van der Waals surface area contributed by atoms with E-state index in [1.54, 1.807) is 6.26 Å². The van der Waals surface area contributed by atoms with Gasteiger partial charge in [0.15, 0.2) is 11.0 Å². The van der Waals surface area contributed by atoms with Crippen molar-refractivity contribution in [2.45, 2.75) is 5.16 Å². The van der Waals surface area contributed by atoms with E-state index in [0.29, 0.717) is 5.16 Å². The molecule has 0 fully saturated rings. The molecule has 0 unspecified atom stereocenters. The number of nitrogens with zero attached hydrogens (tertiary/aromatic N) is 3. The zero-order valence-electron chi connectivity index (χ0n) is 10.0. The highest BCUT2D eigenvalue weighted by Crippen LogP contribution is 2.34. The highest BCUT2D eigenvalue weighted by molar-refractivity contribution is 7.98. The van der Waals surface area contributed by atoms with Gasteiger partial charge >= 0.3 is 5.69 Å². The largest absolute Gasteiger partial charge is 0.428 e. The number of aromatic nitrogens is 2. The Morgan fingerprint density at radius 3 is 2.85 bits per heavy atom. The van der Waals surface area contributed by atoms with E-state index in [0.717, 1.165) is 12.1 Å². The second-order valence-corrected chi connectivity index (χ2v) is 4.62. The lowest BCUT2D eigenvalue weighted by atomic mass is 10.3. The molecule has 0 bridgehead atoms. The van der Waals surface area contributed by atoms with Gasteiger partial charge in [-0.25, -0.2) is 9.37 Å². The molecule has 1 aromatic carbocycles. The van der Waals surface area contributed by atoms with Crippen molar-refractivity contribution in [1.82, 2.24) is 9.97 Å². The number of nitro groups is 1. The molecule has 2 aromatic rings. The molecule has 0 aliphatic rings. The third-order valence-corrected chi connectivity index (χ3v) is 2.92. The first-order valence-corrected chi connectivity index (χ1v) is 6.81. The van der Waals surface area contributed by atoms with Gasteiger partial charge in [-0.15, -0.1) is 0 Å². The first-order valence-electron chi connectivity index (χ1n) is 5.20. The smallest absolute Gasteiger partial charge is 0.314 e. The summed E-state index contributed by atoms with van der Waals surface area (Å²) in [5.74, 6) is -1.44. The molecule has 0 aliphatic heterocycles. The van der Waals surface area contributed by atoms with Crippen LogP contribution in [0.25, 0.3) is 0 Å². The van der Waals surface area contributed by atoms with Gasteiger partial charge in [0.2, 0.25) is 11.6 Å². The van der Waals surface area contributed by atoms with Crippen molar-refractivity contribution in [1.29, 1.82) is 0 Å². The number of para-hydroxylation sites is 1. The molecule has 2 rings (SSSR count). The van der Waals surface area contributed by atoms with Crippen molar-refractivity contribution in [3.05, 3.63) is 45.4 Å². The summed E-state index contributed by atoms with van der Waals surface area (Å²) in [6, 6.07) is 4.66. The minimum atomic E-state index is -0.861. The van der Waals surface area contributed by atoms with E-state index in [1.165, 1.54) is 23.9 Å². The Morgan fingerprint density at radius 1 is 1.45 bits per heavy atom. The van der Waals surface area contributed by atoms with Gasteiger partial charge in [-0.3, -0.25) is 10.1 Å². The molecule has 0 saturated heterocycles. The Labute approximate surface area is 122 Å². The molecule has 0 radical (unpaired) electrons. The van der Waals surface area contributed by atoms with E-state index < -0.39 is 22.2 Å². The number of rotatable bonds is 4. The minimum absolute atomic E-state index is 0.0671. The summed E-state index contributed by atoms with van der Waals surface area (Å²) in [7, 11) is 0. The predicted octanol–water partition coefficient (Wildman–Crippen LogP) is 3.69. The molecule has 0 amide bonds. The van der Waals surface area contributed by atoms with E-state index in [1.807, 2.05) is 0 Å². The zero-order valence-corrected chi connectivity index (χ0v) is 11.6. The van der Waals surface area contributed by atoms with Crippen LogP contribution in [0.5, 0.6) is 11.6 Å². The third-order valence-electron chi connectivity index (χ3n) is 2.18. The molecule has 0 saturated carbocycles. The van der Waals surface area contributed by atoms with Crippen LogP contribution >= 0.6 is 23.4 Å². The second kappa shape index (κ2) is 6.02. The summed E-state index contributed by atoms with van der Waals surface area (Å²) in [4.78, 5) is 17.9. The van der Waals surface area contributed by atoms with Crippen LogP contribution in [-0.4, -0.2) is 21.1 Å². The van der Waals surface area contributed by atoms with Crippen LogP contribution in [0.1, 0.15) is 0 Å². The average Bonchev–Trinajstić information content (AvgIpc) is 2.40. The van der Waals surface area contributed by atoms with Gasteiger partial charge in [0.05, 0.1) is 4.92 Å². The van der Waals surface area contributed by atoms with Crippen molar-refractivity contribution in [2.24, 2.45) is 0 Å². The first-order chi connectivity index (χ1) is 9.51. The van der Waals surface area contributed by atoms with E-state index in [2.05, 4.69) is 9.97 Å². The highest BCUT2D eigenvalue weighted by atomic mass is 35.5. The van der Waals surface area contributed by atoms with Crippen molar-refractivity contribution in [3.63, 3.8) is 0 Å². The van der Waals surface area contributed by atoms with E-state index in [-0.39, 0.29) is 11.0 Å². The van der Waals surface area contributed by atoms with Gasteiger partial charge in [-0.1, -0.05) is 29.4 Å². The Bertz CT molecular complexity index is 671. The molecule has 104 valence electrons. The monoisotopic (exact) mass is 315 g/mol. The summed E-state index contributed by atoms with van der Waals surface area (Å²) in [5, 5.41) is 11.3. The number of halogens is 2. The topological polar surface area (TPSA) is 78.2 Å². The van der Waals surface area contributed by atoms with Gasteiger partial charge in [0.25, 0.3) is 0 Å². The quantitative estimate of drug-likeness (QED) is 0.281. The maximum atomic E-state index is 13.7. The average molecular weight is 316 g/mol. The van der Waals surface area contributed by atoms with Crippen molar-refractivity contribution in [3.8, 4) is 11.6 Å². The van der Waals surface area contributed by atoms with Crippen LogP contribution in [-0.2, 0) is 0 Å². The SMILES string of the molecule is CSc1nc(Cl)cc(Oc2c(F)cccc2[N+](=O)[O-])n1. The number of hydrogen-bond acceptors (Lipinski definition) is 6. The van der Waals surface area contributed by atoms with Crippen LogP contribution in [0, 0.1) is 15.9 Å². The van der Waals surface area contributed by atoms with Crippen molar-refractivity contribution >= 4 is 29.1 Å². The Kier molecular flexibility index (Phi) is 4.35. The predicted molar refractivity (Wildman–Crippen MR) is 72.0 cm³/mol. The fourth-order valence-corrected chi connectivity index (χ4v) is 1.96. The van der Waals surface area contributed by atoms with Crippen LogP contribution in [0.4, 0.5) is 10.1 Å². The molecular formula is C11H7ClFN3O3S. The molecule has 9 heteroatoms. The van der Waals surface area contributed by atoms with Crippen LogP contribution < -0.4 is 4.74 Å². The van der Waals surface area contributed by atoms with Gasteiger partial charge in [0, 0.05) is 12.1 Å². The lowest BCUT2D eigenvalue weighted by molar-refractivity contribution is -0.385.